The first-order valence-corrected chi connectivity index (χ1v) is 7.62. The van der Waals surface area contributed by atoms with E-state index in [1.54, 1.807) is 11.8 Å². The summed E-state index contributed by atoms with van der Waals surface area (Å²) >= 11 is 8.05. The van der Waals surface area contributed by atoms with Crippen LogP contribution in [0.25, 0.3) is 0 Å². The van der Waals surface area contributed by atoms with Crippen molar-refractivity contribution >= 4 is 23.4 Å². The molecule has 1 nitrogen and oxygen atoms in total. The van der Waals surface area contributed by atoms with Gasteiger partial charge < -0.3 is 5.32 Å². The molecule has 3 heteroatoms. The lowest BCUT2D eigenvalue weighted by Crippen LogP contribution is -2.11. The van der Waals surface area contributed by atoms with Crippen LogP contribution in [-0.2, 0) is 6.54 Å². The monoisotopic (exact) mass is 291 g/mol. The fourth-order valence-electron chi connectivity index (χ4n) is 1.81. The van der Waals surface area contributed by atoms with E-state index in [0.29, 0.717) is 0 Å². The van der Waals surface area contributed by atoms with Crippen LogP contribution in [0, 0.1) is 6.92 Å². The maximum absolute atomic E-state index is 6.31. The summed E-state index contributed by atoms with van der Waals surface area (Å²) in [6.45, 7) is 5.98. The maximum atomic E-state index is 6.31. The Morgan fingerprint density at radius 3 is 2.58 bits per heavy atom. The van der Waals surface area contributed by atoms with E-state index in [9.17, 15) is 0 Å². The third-order valence-electron chi connectivity index (χ3n) is 2.82. The van der Waals surface area contributed by atoms with Gasteiger partial charge in [0.05, 0.1) is 0 Å². The van der Waals surface area contributed by atoms with Crippen molar-refractivity contribution in [2.45, 2.75) is 30.2 Å². The first kappa shape index (κ1) is 14.4. The van der Waals surface area contributed by atoms with Gasteiger partial charge in [-0.1, -0.05) is 54.0 Å². The third-order valence-corrected chi connectivity index (χ3v) is 4.15. The molecule has 0 aromatic heterocycles. The molecule has 0 spiro atoms. The minimum absolute atomic E-state index is 0.824. The van der Waals surface area contributed by atoms with Crippen molar-refractivity contribution in [2.75, 3.05) is 6.54 Å². The van der Waals surface area contributed by atoms with Crippen molar-refractivity contribution in [2.24, 2.45) is 0 Å². The van der Waals surface area contributed by atoms with Gasteiger partial charge in [-0.05, 0) is 43.3 Å². The number of hydrogen-bond donors (Lipinski definition) is 1. The molecule has 0 aliphatic carbocycles. The highest BCUT2D eigenvalue weighted by Crippen LogP contribution is 2.31. The Bertz CT molecular complexity index is 554. The summed E-state index contributed by atoms with van der Waals surface area (Å²) in [6, 6.07) is 14.8. The van der Waals surface area contributed by atoms with Crippen LogP contribution in [0.5, 0.6) is 0 Å². The summed E-state index contributed by atoms with van der Waals surface area (Å²) in [6.07, 6.45) is 0. The average Bonchev–Trinajstić information content (AvgIpc) is 2.38. The number of nitrogens with one attached hydrogen (secondary N) is 1. The predicted octanol–water partition coefficient (Wildman–Crippen LogP) is 4.91. The van der Waals surface area contributed by atoms with Gasteiger partial charge in [0.15, 0.2) is 0 Å². The molecule has 0 aliphatic rings. The minimum Gasteiger partial charge on any atom is -0.313 e. The van der Waals surface area contributed by atoms with Gasteiger partial charge in [0, 0.05) is 21.4 Å². The van der Waals surface area contributed by atoms with Crippen LogP contribution in [0.2, 0.25) is 5.02 Å². The Morgan fingerprint density at radius 2 is 1.89 bits per heavy atom. The molecule has 0 saturated carbocycles. The zero-order valence-corrected chi connectivity index (χ0v) is 12.8. The molecule has 0 amide bonds. The first-order valence-electron chi connectivity index (χ1n) is 6.42. The molecule has 0 unspecified atom stereocenters. The van der Waals surface area contributed by atoms with E-state index in [-0.39, 0.29) is 0 Å². The van der Waals surface area contributed by atoms with Crippen LogP contribution in [0.15, 0.2) is 52.3 Å². The van der Waals surface area contributed by atoms with Gasteiger partial charge >= 0.3 is 0 Å². The molecule has 0 aliphatic heterocycles. The van der Waals surface area contributed by atoms with Gasteiger partial charge in [-0.25, -0.2) is 0 Å². The summed E-state index contributed by atoms with van der Waals surface area (Å²) in [5.41, 5.74) is 2.43. The van der Waals surface area contributed by atoms with Gasteiger partial charge in [0.2, 0.25) is 0 Å². The quantitative estimate of drug-likeness (QED) is 0.840. The van der Waals surface area contributed by atoms with Crippen molar-refractivity contribution in [1.82, 2.24) is 5.32 Å². The Hall–Kier alpha value is -0.960. The molecule has 2 aromatic carbocycles. The Balaban J connectivity index is 2.11. The highest BCUT2D eigenvalue weighted by molar-refractivity contribution is 7.99. The van der Waals surface area contributed by atoms with Crippen molar-refractivity contribution in [1.29, 1.82) is 0 Å². The van der Waals surface area contributed by atoms with Gasteiger partial charge in [-0.2, -0.15) is 0 Å². The van der Waals surface area contributed by atoms with Crippen molar-refractivity contribution in [3.63, 3.8) is 0 Å². The molecule has 100 valence electrons. The summed E-state index contributed by atoms with van der Waals surface area (Å²) in [4.78, 5) is 2.42. The van der Waals surface area contributed by atoms with Crippen LogP contribution in [-0.4, -0.2) is 6.54 Å². The summed E-state index contributed by atoms with van der Waals surface area (Å²) in [7, 11) is 0. The standard InChI is InChI=1S/C16H18ClNS/c1-3-18-11-13-7-8-15(10-16(13)17)19-14-6-4-5-12(2)9-14/h4-10,18H,3,11H2,1-2H3. The lowest BCUT2D eigenvalue weighted by atomic mass is 10.2. The van der Waals surface area contributed by atoms with Gasteiger partial charge in [-0.15, -0.1) is 0 Å². The lowest BCUT2D eigenvalue weighted by molar-refractivity contribution is 0.726. The molecular formula is C16H18ClNS. The molecule has 0 saturated heterocycles. The predicted molar refractivity (Wildman–Crippen MR) is 84.1 cm³/mol. The van der Waals surface area contributed by atoms with E-state index in [4.69, 9.17) is 11.6 Å². The van der Waals surface area contributed by atoms with E-state index in [1.165, 1.54) is 15.4 Å². The van der Waals surface area contributed by atoms with Crippen LogP contribution >= 0.6 is 23.4 Å². The first-order chi connectivity index (χ1) is 9.19. The van der Waals surface area contributed by atoms with Crippen LogP contribution < -0.4 is 5.32 Å². The van der Waals surface area contributed by atoms with Gasteiger partial charge in [0.25, 0.3) is 0 Å². The zero-order chi connectivity index (χ0) is 13.7. The molecule has 0 bridgehead atoms. The van der Waals surface area contributed by atoms with Crippen LogP contribution in [0.4, 0.5) is 0 Å². The molecule has 0 atom stereocenters. The van der Waals surface area contributed by atoms with Crippen LogP contribution in [0.1, 0.15) is 18.1 Å². The van der Waals surface area contributed by atoms with E-state index in [2.05, 4.69) is 55.6 Å². The molecule has 0 fully saturated rings. The highest BCUT2D eigenvalue weighted by Gasteiger charge is 2.03. The summed E-state index contributed by atoms with van der Waals surface area (Å²) < 4.78 is 0. The van der Waals surface area contributed by atoms with Gasteiger partial charge in [0.1, 0.15) is 0 Å². The second-order valence-corrected chi connectivity index (χ2v) is 6.01. The molecule has 2 aromatic rings. The van der Waals surface area contributed by atoms with E-state index < -0.39 is 0 Å². The Labute approximate surface area is 124 Å². The second-order valence-electron chi connectivity index (χ2n) is 4.45. The van der Waals surface area contributed by atoms with Crippen LogP contribution in [0.3, 0.4) is 0 Å². The normalized spacial score (nSPS) is 10.7. The fraction of sp³-hybridized carbons (Fsp3) is 0.250. The third kappa shape index (κ3) is 4.27. The summed E-state index contributed by atoms with van der Waals surface area (Å²) in [5.74, 6) is 0. The number of halogens is 1. The Morgan fingerprint density at radius 1 is 1.11 bits per heavy atom. The summed E-state index contributed by atoms with van der Waals surface area (Å²) in [5, 5.41) is 4.12. The highest BCUT2D eigenvalue weighted by atomic mass is 35.5. The van der Waals surface area contributed by atoms with Crippen molar-refractivity contribution in [3.8, 4) is 0 Å². The largest absolute Gasteiger partial charge is 0.313 e. The smallest absolute Gasteiger partial charge is 0.0462 e. The second kappa shape index (κ2) is 6.99. The topological polar surface area (TPSA) is 12.0 Å². The fourth-order valence-corrected chi connectivity index (χ4v) is 3.10. The average molecular weight is 292 g/mol. The Kier molecular flexibility index (Phi) is 5.32. The van der Waals surface area contributed by atoms with Crippen molar-refractivity contribution in [3.05, 3.63) is 58.6 Å². The lowest BCUT2D eigenvalue weighted by Gasteiger charge is -2.08. The molecule has 0 radical (unpaired) electrons. The molecule has 19 heavy (non-hydrogen) atoms. The van der Waals surface area contributed by atoms with E-state index in [1.807, 2.05) is 6.07 Å². The van der Waals surface area contributed by atoms with E-state index in [0.717, 1.165) is 23.7 Å². The molecule has 0 heterocycles. The number of rotatable bonds is 5. The molecular weight excluding hydrogens is 274 g/mol. The van der Waals surface area contributed by atoms with Crippen molar-refractivity contribution < 1.29 is 0 Å². The number of hydrogen-bond acceptors (Lipinski definition) is 2. The van der Waals surface area contributed by atoms with Gasteiger partial charge in [-0.3, -0.25) is 0 Å². The zero-order valence-electron chi connectivity index (χ0n) is 11.2. The number of benzene rings is 2. The maximum Gasteiger partial charge on any atom is 0.0462 e. The van der Waals surface area contributed by atoms with E-state index >= 15 is 0 Å². The number of aryl methyl sites for hydroxylation is 1. The SMILES string of the molecule is CCNCc1ccc(Sc2cccc(C)c2)cc1Cl. The minimum atomic E-state index is 0.824. The molecule has 1 N–H and O–H groups in total. The molecule has 2 rings (SSSR count).